The highest BCUT2D eigenvalue weighted by Gasteiger charge is 2.16. The quantitative estimate of drug-likeness (QED) is 0.0735. The molecule has 9 N–H and O–H groups in total. The lowest BCUT2D eigenvalue weighted by atomic mass is 10.0. The summed E-state index contributed by atoms with van der Waals surface area (Å²) in [4.78, 5) is 24.3. The topological polar surface area (TPSA) is 173 Å². The normalized spacial score (nSPS) is 12.9. The van der Waals surface area contributed by atoms with E-state index in [1.807, 2.05) is 31.2 Å². The Labute approximate surface area is 248 Å². The maximum atomic E-state index is 15.1. The average Bonchev–Trinajstić information content (AvgIpc) is 3.35. The summed E-state index contributed by atoms with van der Waals surface area (Å²) in [5.74, 6) is -0.518. The Morgan fingerprint density at radius 3 is 2.62 bits per heavy atom. The molecule has 10 nitrogen and oxygen atoms in total. The van der Waals surface area contributed by atoms with Gasteiger partial charge in [0.1, 0.15) is 5.65 Å². The Bertz CT molecular complexity index is 1580. The van der Waals surface area contributed by atoms with E-state index in [4.69, 9.17) is 28.8 Å². The molecule has 0 saturated heterocycles. The van der Waals surface area contributed by atoms with E-state index in [0.29, 0.717) is 53.9 Å². The smallest absolute Gasteiger partial charge is 0.354 e. The first-order valence-electron chi connectivity index (χ1n) is 14.0. The van der Waals surface area contributed by atoms with E-state index >= 15 is 4.39 Å². The van der Waals surface area contributed by atoms with Crippen molar-refractivity contribution in [1.82, 2.24) is 19.9 Å². The Hall–Kier alpha value is -3.77. The second-order valence-corrected chi connectivity index (χ2v) is 10.9. The second-order valence-electron chi connectivity index (χ2n) is 10.5. The molecule has 2 atom stereocenters. The van der Waals surface area contributed by atoms with Crippen molar-refractivity contribution in [1.29, 1.82) is 0 Å². The van der Waals surface area contributed by atoms with E-state index in [-0.39, 0.29) is 29.7 Å². The highest BCUT2D eigenvalue weighted by molar-refractivity contribution is 6.31. The minimum atomic E-state index is -0.529. The number of nitrogens with one attached hydrogen (secondary N) is 2. The van der Waals surface area contributed by atoms with Crippen molar-refractivity contribution in [2.24, 2.45) is 22.2 Å². The summed E-state index contributed by atoms with van der Waals surface area (Å²) in [5, 5.41) is 13.2. The molecular weight excluding hydrogens is 559 g/mol. The summed E-state index contributed by atoms with van der Waals surface area (Å²) in [7, 11) is 0. The van der Waals surface area contributed by atoms with Crippen LogP contribution in [0.25, 0.3) is 28.0 Å². The maximum absolute atomic E-state index is 15.1. The molecule has 0 unspecified atom stereocenters. The fourth-order valence-electron chi connectivity index (χ4n) is 4.85. The molecule has 0 aliphatic carbocycles. The summed E-state index contributed by atoms with van der Waals surface area (Å²) in [6, 6.07) is 12.7. The predicted molar refractivity (Wildman–Crippen MR) is 166 cm³/mol. The largest absolute Gasteiger partial charge is 0.396 e. The number of hydrogen-bond donors (Lipinski definition) is 6. The van der Waals surface area contributed by atoms with Crippen LogP contribution < -0.4 is 28.2 Å². The number of nitrogens with zero attached hydrogens (tertiary/aromatic N) is 3. The van der Waals surface area contributed by atoms with Crippen molar-refractivity contribution in [3.63, 3.8) is 0 Å². The average molecular weight is 597 g/mol. The van der Waals surface area contributed by atoms with Gasteiger partial charge in [-0.05, 0) is 87.0 Å². The van der Waals surface area contributed by atoms with Gasteiger partial charge in [0.25, 0.3) is 0 Å². The number of aromatic nitrogens is 3. The van der Waals surface area contributed by atoms with Crippen molar-refractivity contribution < 1.29 is 9.50 Å². The van der Waals surface area contributed by atoms with Crippen LogP contribution in [0.4, 0.5) is 4.39 Å². The van der Waals surface area contributed by atoms with Crippen LogP contribution in [0.1, 0.15) is 43.7 Å². The van der Waals surface area contributed by atoms with Crippen molar-refractivity contribution in [3.05, 3.63) is 81.1 Å². The van der Waals surface area contributed by atoms with Gasteiger partial charge in [-0.3, -0.25) is 9.56 Å². The monoisotopic (exact) mass is 596 g/mol. The SMILES string of the molecule is C[C@H](N)CCCc1cc(Cl)c(F)c(-c2cc3cn(-c4ccc(CNCC[C@H](CCO)N=C(N)N)cc4)c(=O)nc3[nH]2)c1. The third kappa shape index (κ3) is 8.16. The first-order valence-corrected chi connectivity index (χ1v) is 14.4. The Balaban J connectivity index is 1.47. The van der Waals surface area contributed by atoms with Gasteiger partial charge in [0.05, 0.1) is 22.4 Å². The molecule has 0 fully saturated rings. The number of aromatic amines is 1. The molecule has 2 heterocycles. The van der Waals surface area contributed by atoms with Gasteiger partial charge >= 0.3 is 5.69 Å². The van der Waals surface area contributed by atoms with Gasteiger partial charge in [-0.25, -0.2) is 9.18 Å². The van der Waals surface area contributed by atoms with Gasteiger partial charge in [0.15, 0.2) is 11.8 Å². The fourth-order valence-corrected chi connectivity index (χ4v) is 5.09. The Morgan fingerprint density at radius 1 is 1.17 bits per heavy atom. The number of aryl methyl sites for hydroxylation is 1. The number of halogens is 2. The molecule has 0 saturated carbocycles. The van der Waals surface area contributed by atoms with E-state index in [0.717, 1.165) is 30.4 Å². The number of aliphatic hydroxyl groups excluding tert-OH is 1. The van der Waals surface area contributed by atoms with E-state index in [1.54, 1.807) is 24.4 Å². The summed E-state index contributed by atoms with van der Waals surface area (Å²) in [6.07, 6.45) is 5.32. The third-order valence-corrected chi connectivity index (χ3v) is 7.28. The standard InChI is InChI=1S/C30H38ClFN8O2/c1-18(33)3-2-4-20-13-24(27(32)25(31)14-20)26-15-21-17-40(30(42)39-28(21)38-26)23-7-5-19(6-8-23)16-36-11-9-22(10-12-41)37-29(34)35/h5-8,13-15,17-18,22,36,41H,2-4,9-12,16,33H2,1H3,(H4,34,35,37)(H,38,39,42)/t18-,22+/m0/s1. The van der Waals surface area contributed by atoms with E-state index in [1.165, 1.54) is 4.57 Å². The highest BCUT2D eigenvalue weighted by Crippen LogP contribution is 2.31. The van der Waals surface area contributed by atoms with E-state index < -0.39 is 11.5 Å². The number of hydrogen-bond acceptors (Lipinski definition) is 6. The lowest BCUT2D eigenvalue weighted by Gasteiger charge is -2.12. The van der Waals surface area contributed by atoms with Crippen molar-refractivity contribution in [2.75, 3.05) is 13.2 Å². The maximum Gasteiger partial charge on any atom is 0.354 e. The summed E-state index contributed by atoms with van der Waals surface area (Å²) < 4.78 is 16.5. The van der Waals surface area contributed by atoms with Crippen LogP contribution >= 0.6 is 11.6 Å². The number of H-pyrrole nitrogens is 1. The van der Waals surface area contributed by atoms with Crippen LogP contribution in [0, 0.1) is 5.82 Å². The summed E-state index contributed by atoms with van der Waals surface area (Å²) in [6.45, 7) is 3.25. The van der Waals surface area contributed by atoms with E-state index in [9.17, 15) is 9.90 Å². The zero-order chi connectivity index (χ0) is 30.2. The van der Waals surface area contributed by atoms with Gasteiger partial charge in [0.2, 0.25) is 0 Å². The highest BCUT2D eigenvalue weighted by atomic mass is 35.5. The molecule has 0 aliphatic heterocycles. The van der Waals surface area contributed by atoms with Gasteiger partial charge in [0, 0.05) is 36.3 Å². The predicted octanol–water partition coefficient (Wildman–Crippen LogP) is 3.35. The molecule has 0 radical (unpaired) electrons. The van der Waals surface area contributed by atoms with Crippen LogP contribution in [0.5, 0.6) is 0 Å². The summed E-state index contributed by atoms with van der Waals surface area (Å²) in [5.41, 5.74) is 20.1. The number of fused-ring (bicyclic) bond motifs is 1. The molecule has 42 heavy (non-hydrogen) atoms. The number of guanidine groups is 1. The van der Waals surface area contributed by atoms with Crippen LogP contribution in [0.3, 0.4) is 0 Å². The number of benzene rings is 2. The molecule has 4 rings (SSSR count). The molecular formula is C30H38ClFN8O2. The molecule has 0 spiro atoms. The van der Waals surface area contributed by atoms with Crippen LogP contribution in [0.15, 0.2) is 58.4 Å². The number of aliphatic imine (C=N–C) groups is 1. The van der Waals surface area contributed by atoms with E-state index in [2.05, 4.69) is 20.3 Å². The molecule has 0 bridgehead atoms. The molecule has 4 aromatic rings. The number of rotatable bonds is 14. The van der Waals surface area contributed by atoms with Crippen LogP contribution in [-0.4, -0.2) is 50.8 Å². The molecule has 2 aromatic carbocycles. The first-order chi connectivity index (χ1) is 20.1. The minimum Gasteiger partial charge on any atom is -0.396 e. The third-order valence-electron chi connectivity index (χ3n) is 7.00. The Morgan fingerprint density at radius 2 is 1.93 bits per heavy atom. The van der Waals surface area contributed by atoms with Gasteiger partial charge in [-0.1, -0.05) is 23.7 Å². The molecule has 0 amide bonds. The van der Waals surface area contributed by atoms with Crippen LogP contribution in [0.2, 0.25) is 5.02 Å². The number of nitrogens with two attached hydrogens (primary N) is 3. The first kappa shape index (κ1) is 31.2. The Kier molecular flexibility index (Phi) is 10.7. The van der Waals surface area contributed by atoms with Crippen molar-refractivity contribution in [2.45, 2.75) is 57.7 Å². The van der Waals surface area contributed by atoms with Gasteiger partial charge in [-0.15, -0.1) is 0 Å². The second kappa shape index (κ2) is 14.4. The van der Waals surface area contributed by atoms with Gasteiger partial charge < -0.3 is 32.6 Å². The lowest BCUT2D eigenvalue weighted by molar-refractivity contribution is 0.273. The van der Waals surface area contributed by atoms with Crippen molar-refractivity contribution >= 4 is 28.6 Å². The molecule has 224 valence electrons. The van der Waals surface area contributed by atoms with Crippen molar-refractivity contribution in [3.8, 4) is 16.9 Å². The molecule has 12 heteroatoms. The van der Waals surface area contributed by atoms with Crippen LogP contribution in [-0.2, 0) is 13.0 Å². The molecule has 0 aliphatic rings. The molecule has 2 aromatic heterocycles. The summed E-state index contributed by atoms with van der Waals surface area (Å²) >= 11 is 6.23. The lowest BCUT2D eigenvalue weighted by Crippen LogP contribution is -2.27. The minimum absolute atomic E-state index is 0.0114. The fraction of sp³-hybridized carbons (Fsp3) is 0.367. The van der Waals surface area contributed by atoms with Gasteiger partial charge in [-0.2, -0.15) is 4.98 Å². The number of aliphatic hydroxyl groups is 1. The zero-order valence-corrected chi connectivity index (χ0v) is 24.4. The zero-order valence-electron chi connectivity index (χ0n) is 23.6.